The lowest BCUT2D eigenvalue weighted by Gasteiger charge is -2.18. The van der Waals surface area contributed by atoms with E-state index in [0.717, 1.165) is 16.9 Å². The van der Waals surface area contributed by atoms with Crippen molar-refractivity contribution in [2.45, 2.75) is 12.8 Å². The number of hydrogen-bond donors (Lipinski definition) is 1. The van der Waals surface area contributed by atoms with Crippen LogP contribution >= 0.6 is 0 Å². The van der Waals surface area contributed by atoms with E-state index >= 15 is 0 Å². The predicted molar refractivity (Wildman–Crippen MR) is 80.7 cm³/mol. The van der Waals surface area contributed by atoms with Gasteiger partial charge >= 0.3 is 0 Å². The van der Waals surface area contributed by atoms with Crippen molar-refractivity contribution in [1.29, 1.82) is 0 Å². The molecule has 5 heteroatoms. The van der Waals surface area contributed by atoms with Gasteiger partial charge in [0.15, 0.2) is 0 Å². The van der Waals surface area contributed by atoms with E-state index in [4.69, 9.17) is 4.74 Å². The quantitative estimate of drug-likeness (QED) is 0.943. The molecule has 1 saturated heterocycles. The molecule has 1 amide bonds. The van der Waals surface area contributed by atoms with Crippen molar-refractivity contribution in [2.24, 2.45) is 0 Å². The minimum absolute atomic E-state index is 0.0316. The number of nitrogens with one attached hydrogen (secondary N) is 1. The molecule has 1 atom stereocenters. The van der Waals surface area contributed by atoms with Gasteiger partial charge in [-0.05, 0) is 42.4 Å². The number of carbonyl (C=O) groups excluding carboxylic acids is 1. The van der Waals surface area contributed by atoms with Crippen LogP contribution in [0, 0.1) is 5.82 Å². The van der Waals surface area contributed by atoms with Crippen molar-refractivity contribution in [3.8, 4) is 5.75 Å². The van der Waals surface area contributed by atoms with Crippen molar-refractivity contribution in [2.75, 3.05) is 13.6 Å². The average Bonchev–Trinajstić information content (AvgIpc) is 2.86. The maximum absolute atomic E-state index is 12.8. The molecular weight excluding hydrogens is 283 g/mol. The second-order valence-corrected chi connectivity index (χ2v) is 5.37. The van der Waals surface area contributed by atoms with E-state index in [9.17, 15) is 9.18 Å². The first kappa shape index (κ1) is 14.5. The van der Waals surface area contributed by atoms with Crippen LogP contribution in [-0.2, 0) is 11.4 Å². The zero-order valence-electron chi connectivity index (χ0n) is 12.3. The molecule has 1 aliphatic rings. The Kier molecular flexibility index (Phi) is 4.06. The highest BCUT2D eigenvalue weighted by molar-refractivity contribution is 5.80. The molecule has 0 bridgehead atoms. The summed E-state index contributed by atoms with van der Waals surface area (Å²) in [6.45, 7) is 0.799. The van der Waals surface area contributed by atoms with Crippen molar-refractivity contribution in [3.05, 3.63) is 65.5 Å². The third kappa shape index (κ3) is 3.26. The molecule has 22 heavy (non-hydrogen) atoms. The van der Waals surface area contributed by atoms with Crippen molar-refractivity contribution in [3.63, 3.8) is 0 Å². The Balaban J connectivity index is 1.62. The number of hydrogen-bond acceptors (Lipinski definition) is 3. The highest BCUT2D eigenvalue weighted by Crippen LogP contribution is 2.23. The number of rotatable bonds is 4. The van der Waals surface area contributed by atoms with E-state index in [1.54, 1.807) is 12.1 Å². The molecule has 1 heterocycles. The van der Waals surface area contributed by atoms with Gasteiger partial charge in [-0.1, -0.05) is 24.3 Å². The largest absolute Gasteiger partial charge is 0.489 e. The number of benzene rings is 2. The molecule has 0 unspecified atom stereocenters. The van der Waals surface area contributed by atoms with E-state index in [1.807, 2.05) is 36.2 Å². The Bertz CT molecular complexity index is 655. The first-order valence-electron chi connectivity index (χ1n) is 7.08. The Labute approximate surface area is 128 Å². The fraction of sp³-hybridized carbons (Fsp3) is 0.235. The summed E-state index contributed by atoms with van der Waals surface area (Å²) >= 11 is 0. The summed E-state index contributed by atoms with van der Waals surface area (Å²) in [6, 6.07) is 13.9. The topological polar surface area (TPSA) is 41.6 Å². The van der Waals surface area contributed by atoms with Gasteiger partial charge in [-0.3, -0.25) is 9.69 Å². The highest BCUT2D eigenvalue weighted by Gasteiger charge is 2.27. The minimum atomic E-state index is -0.254. The molecule has 0 radical (unpaired) electrons. The number of nitrogens with zero attached hydrogens (tertiary/aromatic N) is 1. The van der Waals surface area contributed by atoms with Crippen LogP contribution < -0.4 is 10.1 Å². The van der Waals surface area contributed by atoms with Crippen LogP contribution in [0.4, 0.5) is 4.39 Å². The van der Waals surface area contributed by atoms with Crippen LogP contribution in [0.25, 0.3) is 0 Å². The zero-order chi connectivity index (χ0) is 15.5. The minimum Gasteiger partial charge on any atom is -0.489 e. The van der Waals surface area contributed by atoms with Gasteiger partial charge < -0.3 is 10.1 Å². The molecule has 1 fully saturated rings. The molecule has 1 aliphatic heterocycles. The van der Waals surface area contributed by atoms with Crippen molar-refractivity contribution in [1.82, 2.24) is 10.2 Å². The van der Waals surface area contributed by atoms with E-state index in [1.165, 1.54) is 12.1 Å². The number of amides is 1. The van der Waals surface area contributed by atoms with Crippen molar-refractivity contribution < 1.29 is 13.9 Å². The predicted octanol–water partition coefficient (Wildman–Crippen LogP) is 2.46. The fourth-order valence-corrected chi connectivity index (χ4v) is 2.46. The highest BCUT2D eigenvalue weighted by atomic mass is 19.1. The van der Waals surface area contributed by atoms with Gasteiger partial charge in [0.2, 0.25) is 5.91 Å². The van der Waals surface area contributed by atoms with Gasteiger partial charge in [0, 0.05) is 0 Å². The molecule has 1 N–H and O–H groups in total. The lowest BCUT2D eigenvalue weighted by molar-refractivity contribution is -0.118. The summed E-state index contributed by atoms with van der Waals surface area (Å²) in [7, 11) is 1.90. The normalized spacial score (nSPS) is 18.3. The lowest BCUT2D eigenvalue weighted by Crippen LogP contribution is -2.24. The molecule has 0 aromatic heterocycles. The van der Waals surface area contributed by atoms with E-state index in [2.05, 4.69) is 5.32 Å². The smallest absolute Gasteiger partial charge is 0.235 e. The second-order valence-electron chi connectivity index (χ2n) is 5.37. The Morgan fingerprint density at radius 3 is 2.45 bits per heavy atom. The first-order valence-corrected chi connectivity index (χ1v) is 7.08. The van der Waals surface area contributed by atoms with E-state index in [-0.39, 0.29) is 17.9 Å². The molecule has 2 aromatic carbocycles. The fourth-order valence-electron chi connectivity index (χ4n) is 2.46. The Morgan fingerprint density at radius 2 is 1.86 bits per heavy atom. The average molecular weight is 300 g/mol. The third-order valence-electron chi connectivity index (χ3n) is 3.65. The lowest BCUT2D eigenvalue weighted by atomic mass is 10.1. The summed E-state index contributed by atoms with van der Waals surface area (Å²) in [5.41, 5.74) is 1.93. The third-order valence-corrected chi connectivity index (χ3v) is 3.65. The van der Waals surface area contributed by atoms with E-state index < -0.39 is 0 Å². The number of likely N-dealkylation sites (N-methyl/N-ethyl adjacent to an activating group) is 1. The van der Waals surface area contributed by atoms with Crippen LogP contribution in [0.5, 0.6) is 5.75 Å². The Morgan fingerprint density at radius 1 is 1.18 bits per heavy atom. The molecule has 3 rings (SSSR count). The van der Waals surface area contributed by atoms with Gasteiger partial charge in [0.25, 0.3) is 0 Å². The van der Waals surface area contributed by atoms with E-state index in [0.29, 0.717) is 13.2 Å². The number of halogens is 1. The van der Waals surface area contributed by atoms with Crippen LogP contribution in [0.3, 0.4) is 0 Å². The maximum Gasteiger partial charge on any atom is 0.235 e. The van der Waals surface area contributed by atoms with Gasteiger partial charge in [0.05, 0.1) is 6.54 Å². The summed E-state index contributed by atoms with van der Waals surface area (Å²) in [5.74, 6) is 0.514. The van der Waals surface area contributed by atoms with Crippen LogP contribution in [0.15, 0.2) is 48.5 Å². The Hall–Kier alpha value is -2.40. The SMILES string of the molecule is CN1CC(=O)N[C@H]1c1ccc(OCc2ccc(F)cc2)cc1. The summed E-state index contributed by atoms with van der Waals surface area (Å²) in [4.78, 5) is 13.3. The van der Waals surface area contributed by atoms with Gasteiger partial charge in [0.1, 0.15) is 24.3 Å². The zero-order valence-corrected chi connectivity index (χ0v) is 12.3. The number of ether oxygens (including phenoxy) is 1. The summed E-state index contributed by atoms with van der Waals surface area (Å²) < 4.78 is 18.5. The summed E-state index contributed by atoms with van der Waals surface area (Å²) in [5, 5.41) is 2.91. The molecule has 0 spiro atoms. The van der Waals surface area contributed by atoms with Crippen molar-refractivity contribution >= 4 is 5.91 Å². The maximum atomic E-state index is 12.8. The van der Waals surface area contributed by atoms with Gasteiger partial charge in [-0.15, -0.1) is 0 Å². The van der Waals surface area contributed by atoms with Gasteiger partial charge in [-0.25, -0.2) is 4.39 Å². The molecule has 0 aliphatic carbocycles. The molecule has 0 saturated carbocycles. The molecular formula is C17H17FN2O2. The second kappa shape index (κ2) is 6.15. The van der Waals surface area contributed by atoms with Crippen LogP contribution in [0.1, 0.15) is 17.3 Å². The number of carbonyl (C=O) groups is 1. The molecule has 2 aromatic rings. The standard InChI is InChI=1S/C17H17FN2O2/c1-20-10-16(21)19-17(20)13-4-8-15(9-5-13)22-11-12-2-6-14(18)7-3-12/h2-9,17H,10-11H2,1H3,(H,19,21)/t17-/m1/s1. The monoisotopic (exact) mass is 300 g/mol. The van der Waals surface area contributed by atoms with Gasteiger partial charge in [-0.2, -0.15) is 0 Å². The summed E-state index contributed by atoms with van der Waals surface area (Å²) in [6.07, 6.45) is -0.0846. The molecule has 4 nitrogen and oxygen atoms in total. The molecule has 114 valence electrons. The first-order chi connectivity index (χ1) is 10.6. The van der Waals surface area contributed by atoms with Crippen LogP contribution in [-0.4, -0.2) is 24.4 Å². The van der Waals surface area contributed by atoms with Crippen LogP contribution in [0.2, 0.25) is 0 Å².